The lowest BCUT2D eigenvalue weighted by atomic mass is 10.5. The van der Waals surface area contributed by atoms with Crippen molar-refractivity contribution in [2.45, 2.75) is 19.1 Å². The topological polar surface area (TPSA) is 72.2 Å². The first-order valence-electron chi connectivity index (χ1n) is 3.20. The number of nitrogens with two attached hydrogens (primary N) is 1. The van der Waals surface area contributed by atoms with E-state index in [0.717, 1.165) is 6.54 Å². The Morgan fingerprint density at radius 2 is 2.10 bits per heavy atom. The van der Waals surface area contributed by atoms with Gasteiger partial charge in [0.2, 0.25) is 10.0 Å². The Morgan fingerprint density at radius 1 is 1.60 bits per heavy atom. The van der Waals surface area contributed by atoms with Crippen LogP contribution in [0.25, 0.3) is 0 Å². The van der Waals surface area contributed by atoms with Crippen molar-refractivity contribution in [1.29, 1.82) is 0 Å². The van der Waals surface area contributed by atoms with E-state index in [1.54, 1.807) is 6.92 Å². The molecule has 0 aliphatic rings. The Kier molecular flexibility index (Phi) is 3.85. The van der Waals surface area contributed by atoms with Crippen molar-refractivity contribution in [3.63, 3.8) is 0 Å². The first-order chi connectivity index (χ1) is 4.48. The minimum Gasteiger partial charge on any atom is -0.316 e. The fourth-order valence-corrected chi connectivity index (χ4v) is 0.814. The maximum Gasteiger partial charge on any atom is 0.212 e. The van der Waals surface area contributed by atoms with Gasteiger partial charge in [-0.3, -0.25) is 0 Å². The largest absolute Gasteiger partial charge is 0.316 e. The van der Waals surface area contributed by atoms with Gasteiger partial charge in [0.25, 0.3) is 0 Å². The molecule has 0 amide bonds. The molecular formula is C5H14N2O2S. The van der Waals surface area contributed by atoms with Gasteiger partial charge < -0.3 is 5.32 Å². The van der Waals surface area contributed by atoms with Crippen LogP contribution >= 0.6 is 0 Å². The number of primary sulfonamides is 1. The summed E-state index contributed by atoms with van der Waals surface area (Å²) in [5.74, 6) is 0. The molecule has 4 nitrogen and oxygen atoms in total. The summed E-state index contributed by atoms with van der Waals surface area (Å²) in [7, 11) is -3.34. The Morgan fingerprint density at radius 3 is 2.40 bits per heavy atom. The van der Waals surface area contributed by atoms with Crippen molar-refractivity contribution in [1.82, 2.24) is 5.32 Å². The van der Waals surface area contributed by atoms with E-state index < -0.39 is 15.3 Å². The van der Waals surface area contributed by atoms with Crippen LogP contribution in [0.15, 0.2) is 0 Å². The van der Waals surface area contributed by atoms with E-state index >= 15 is 0 Å². The SMILES string of the molecule is CCNCC(C)S(N)(=O)=O. The summed E-state index contributed by atoms with van der Waals surface area (Å²) in [6.45, 7) is 4.68. The minimum atomic E-state index is -3.34. The zero-order valence-corrected chi connectivity index (χ0v) is 7.11. The number of sulfonamides is 1. The fourth-order valence-electron chi connectivity index (χ4n) is 0.464. The Labute approximate surface area is 61.8 Å². The molecule has 0 radical (unpaired) electrons. The van der Waals surface area contributed by atoms with Crippen LogP contribution in [0.4, 0.5) is 0 Å². The summed E-state index contributed by atoms with van der Waals surface area (Å²) >= 11 is 0. The van der Waals surface area contributed by atoms with Crippen molar-refractivity contribution in [2.75, 3.05) is 13.1 Å². The standard InChI is InChI=1S/C5H14N2O2S/c1-3-7-4-5(2)10(6,8)9/h5,7H,3-4H2,1-2H3,(H2,6,8,9). The van der Waals surface area contributed by atoms with E-state index in [1.807, 2.05) is 6.92 Å². The van der Waals surface area contributed by atoms with Crippen LogP contribution in [-0.2, 0) is 10.0 Å². The third-order valence-electron chi connectivity index (χ3n) is 1.24. The number of hydrogen-bond acceptors (Lipinski definition) is 3. The van der Waals surface area contributed by atoms with Crippen LogP contribution in [0.5, 0.6) is 0 Å². The molecule has 0 saturated heterocycles. The average Bonchev–Trinajstić information content (AvgIpc) is 1.80. The zero-order valence-electron chi connectivity index (χ0n) is 6.29. The molecule has 0 aliphatic heterocycles. The maximum absolute atomic E-state index is 10.6. The molecule has 1 unspecified atom stereocenters. The van der Waals surface area contributed by atoms with Gasteiger partial charge in [0.15, 0.2) is 0 Å². The molecule has 0 bridgehead atoms. The van der Waals surface area contributed by atoms with Crippen molar-refractivity contribution in [3.8, 4) is 0 Å². The molecule has 1 atom stereocenters. The van der Waals surface area contributed by atoms with Crippen LogP contribution < -0.4 is 10.5 Å². The van der Waals surface area contributed by atoms with Crippen LogP contribution in [-0.4, -0.2) is 26.8 Å². The average molecular weight is 166 g/mol. The van der Waals surface area contributed by atoms with Gasteiger partial charge in [-0.15, -0.1) is 0 Å². The van der Waals surface area contributed by atoms with Gasteiger partial charge in [-0.25, -0.2) is 13.6 Å². The first-order valence-corrected chi connectivity index (χ1v) is 4.81. The molecule has 10 heavy (non-hydrogen) atoms. The summed E-state index contributed by atoms with van der Waals surface area (Å²) < 4.78 is 21.1. The zero-order chi connectivity index (χ0) is 8.20. The molecule has 0 saturated carbocycles. The monoisotopic (exact) mass is 166 g/mol. The van der Waals surface area contributed by atoms with Crippen LogP contribution in [0, 0.1) is 0 Å². The van der Waals surface area contributed by atoms with Gasteiger partial charge in [0, 0.05) is 6.54 Å². The minimum absolute atomic E-state index is 0.426. The van der Waals surface area contributed by atoms with E-state index in [9.17, 15) is 8.42 Å². The van der Waals surface area contributed by atoms with Crippen molar-refractivity contribution >= 4 is 10.0 Å². The summed E-state index contributed by atoms with van der Waals surface area (Å²) in [6.07, 6.45) is 0. The van der Waals surface area contributed by atoms with Gasteiger partial charge in [-0.05, 0) is 13.5 Å². The highest BCUT2D eigenvalue weighted by atomic mass is 32.2. The lowest BCUT2D eigenvalue weighted by molar-refractivity contribution is 0.576. The molecule has 0 aromatic heterocycles. The Hall–Kier alpha value is -0.130. The van der Waals surface area contributed by atoms with Crippen molar-refractivity contribution in [3.05, 3.63) is 0 Å². The highest BCUT2D eigenvalue weighted by molar-refractivity contribution is 7.89. The van der Waals surface area contributed by atoms with Crippen molar-refractivity contribution in [2.24, 2.45) is 5.14 Å². The first kappa shape index (κ1) is 9.87. The molecule has 3 N–H and O–H groups in total. The second-order valence-electron chi connectivity index (χ2n) is 2.21. The van der Waals surface area contributed by atoms with Crippen molar-refractivity contribution < 1.29 is 8.42 Å². The van der Waals surface area contributed by atoms with Gasteiger partial charge in [-0.2, -0.15) is 0 Å². The summed E-state index contributed by atoms with van der Waals surface area (Å²) in [4.78, 5) is 0. The highest BCUT2D eigenvalue weighted by Crippen LogP contribution is 1.90. The van der Waals surface area contributed by atoms with Gasteiger partial charge in [-0.1, -0.05) is 6.92 Å². The predicted octanol–water partition coefficient (Wildman–Crippen LogP) is -0.727. The molecular weight excluding hydrogens is 152 g/mol. The van der Waals surface area contributed by atoms with E-state index in [-0.39, 0.29) is 0 Å². The summed E-state index contributed by atoms with van der Waals surface area (Å²) in [5.41, 5.74) is 0. The quantitative estimate of drug-likeness (QED) is 0.578. The van der Waals surface area contributed by atoms with E-state index in [4.69, 9.17) is 5.14 Å². The third-order valence-corrected chi connectivity index (χ3v) is 2.53. The molecule has 5 heteroatoms. The van der Waals surface area contributed by atoms with Gasteiger partial charge >= 0.3 is 0 Å². The van der Waals surface area contributed by atoms with E-state index in [1.165, 1.54) is 0 Å². The third kappa shape index (κ3) is 3.81. The van der Waals surface area contributed by atoms with Gasteiger partial charge in [0.1, 0.15) is 0 Å². The molecule has 0 heterocycles. The highest BCUT2D eigenvalue weighted by Gasteiger charge is 2.13. The van der Waals surface area contributed by atoms with Crippen LogP contribution in [0.3, 0.4) is 0 Å². The molecule has 0 rings (SSSR count). The smallest absolute Gasteiger partial charge is 0.212 e. The van der Waals surface area contributed by atoms with E-state index in [2.05, 4.69) is 5.32 Å². The second-order valence-corrected chi connectivity index (χ2v) is 4.19. The lowest BCUT2D eigenvalue weighted by Gasteiger charge is -2.07. The maximum atomic E-state index is 10.6. The molecule has 0 aromatic carbocycles. The van der Waals surface area contributed by atoms with Crippen LogP contribution in [0.1, 0.15) is 13.8 Å². The second kappa shape index (κ2) is 3.90. The number of rotatable bonds is 4. The van der Waals surface area contributed by atoms with Crippen LogP contribution in [0.2, 0.25) is 0 Å². The normalized spacial score (nSPS) is 15.1. The number of nitrogens with one attached hydrogen (secondary N) is 1. The Balaban J connectivity index is 3.75. The molecule has 62 valence electrons. The molecule has 0 aromatic rings. The fraction of sp³-hybridized carbons (Fsp3) is 1.00. The molecule has 0 aliphatic carbocycles. The summed E-state index contributed by atoms with van der Waals surface area (Å²) in [5, 5.41) is 7.25. The van der Waals surface area contributed by atoms with E-state index in [0.29, 0.717) is 6.54 Å². The summed E-state index contributed by atoms with van der Waals surface area (Å²) in [6, 6.07) is 0. The predicted molar refractivity (Wildman–Crippen MR) is 41.1 cm³/mol. The van der Waals surface area contributed by atoms with Gasteiger partial charge in [0.05, 0.1) is 5.25 Å². The molecule has 0 spiro atoms. The lowest BCUT2D eigenvalue weighted by Crippen LogP contribution is -2.35. The number of hydrogen-bond donors (Lipinski definition) is 2. The Bertz CT molecular complexity index is 176. The molecule has 0 fully saturated rings.